The van der Waals surface area contributed by atoms with Crippen LogP contribution in [0.2, 0.25) is 0 Å². The summed E-state index contributed by atoms with van der Waals surface area (Å²) < 4.78 is 0. The summed E-state index contributed by atoms with van der Waals surface area (Å²) >= 11 is 0. The lowest BCUT2D eigenvalue weighted by atomic mass is 10.2. The predicted molar refractivity (Wildman–Crippen MR) is 83.2 cm³/mol. The van der Waals surface area contributed by atoms with Crippen LogP contribution in [0.15, 0.2) is 36.7 Å². The normalized spacial score (nSPS) is 10.2. The maximum atomic E-state index is 12.5. The van der Waals surface area contributed by atoms with Crippen molar-refractivity contribution in [2.45, 2.75) is 20.4 Å². The van der Waals surface area contributed by atoms with Crippen molar-refractivity contribution in [3.8, 4) is 0 Å². The number of rotatable bonds is 5. The summed E-state index contributed by atoms with van der Waals surface area (Å²) in [6.45, 7) is 5.17. The average molecular weight is 284 g/mol. The first-order valence-electron chi connectivity index (χ1n) is 6.97. The first-order valence-corrected chi connectivity index (χ1v) is 6.97. The molecule has 1 N–H and O–H groups in total. The van der Waals surface area contributed by atoms with Gasteiger partial charge in [-0.2, -0.15) is 0 Å². The second-order valence-electron chi connectivity index (χ2n) is 4.88. The number of aromatic nitrogens is 2. The van der Waals surface area contributed by atoms with Crippen molar-refractivity contribution in [3.05, 3.63) is 53.6 Å². The average Bonchev–Trinajstić information content (AvgIpc) is 2.47. The van der Waals surface area contributed by atoms with E-state index in [4.69, 9.17) is 0 Å². The van der Waals surface area contributed by atoms with Gasteiger partial charge in [-0.25, -0.2) is 0 Å². The van der Waals surface area contributed by atoms with Gasteiger partial charge in [-0.1, -0.05) is 6.07 Å². The Bertz CT molecular complexity index is 627. The quantitative estimate of drug-likeness (QED) is 0.916. The molecule has 2 heterocycles. The number of carbonyl (C=O) groups is 1. The van der Waals surface area contributed by atoms with Crippen molar-refractivity contribution in [1.29, 1.82) is 0 Å². The summed E-state index contributed by atoms with van der Waals surface area (Å²) in [5, 5.41) is 3.18. The number of anilines is 1. The third-order valence-electron chi connectivity index (χ3n) is 3.11. The molecule has 0 fully saturated rings. The lowest BCUT2D eigenvalue weighted by molar-refractivity contribution is 0.0784. The van der Waals surface area contributed by atoms with Crippen molar-refractivity contribution >= 4 is 11.6 Å². The molecule has 0 aliphatic carbocycles. The fourth-order valence-corrected chi connectivity index (χ4v) is 2.12. The Kier molecular flexibility index (Phi) is 4.87. The van der Waals surface area contributed by atoms with E-state index >= 15 is 0 Å². The second-order valence-corrected chi connectivity index (χ2v) is 4.88. The zero-order chi connectivity index (χ0) is 15.2. The van der Waals surface area contributed by atoms with Crippen LogP contribution in [0.4, 0.5) is 5.69 Å². The van der Waals surface area contributed by atoms with Gasteiger partial charge in [-0.05, 0) is 32.0 Å². The molecule has 0 bridgehead atoms. The van der Waals surface area contributed by atoms with Crippen LogP contribution in [0.5, 0.6) is 0 Å². The lowest BCUT2D eigenvalue weighted by Crippen LogP contribution is -2.27. The Hall–Kier alpha value is -2.43. The number of nitrogens with one attached hydrogen (secondary N) is 1. The number of aryl methyl sites for hydroxylation is 1. The summed E-state index contributed by atoms with van der Waals surface area (Å²) in [6.07, 6.45) is 3.28. The monoisotopic (exact) mass is 284 g/mol. The van der Waals surface area contributed by atoms with Gasteiger partial charge >= 0.3 is 0 Å². The maximum Gasteiger partial charge on any atom is 0.257 e. The lowest BCUT2D eigenvalue weighted by Gasteiger charge is -2.19. The van der Waals surface area contributed by atoms with E-state index in [2.05, 4.69) is 15.3 Å². The summed E-state index contributed by atoms with van der Waals surface area (Å²) in [5.41, 5.74) is 3.21. The molecule has 0 aromatic carbocycles. The van der Waals surface area contributed by atoms with E-state index in [1.165, 1.54) is 0 Å². The van der Waals surface area contributed by atoms with Crippen LogP contribution in [0, 0.1) is 6.92 Å². The minimum atomic E-state index is -0.0673. The zero-order valence-electron chi connectivity index (χ0n) is 12.6. The highest BCUT2D eigenvalue weighted by atomic mass is 16.2. The molecular formula is C16H20N4O. The highest BCUT2D eigenvalue weighted by Crippen LogP contribution is 2.16. The maximum absolute atomic E-state index is 12.5. The SMILES string of the molecule is CCNc1ccncc1C(=O)N(C)Cc1cccc(C)n1. The molecule has 110 valence electrons. The molecule has 0 saturated carbocycles. The number of hydrogen-bond donors (Lipinski definition) is 1. The topological polar surface area (TPSA) is 58.1 Å². The van der Waals surface area contributed by atoms with Crippen molar-refractivity contribution in [2.24, 2.45) is 0 Å². The molecule has 0 aliphatic heterocycles. The third-order valence-corrected chi connectivity index (χ3v) is 3.11. The predicted octanol–water partition coefficient (Wildman–Crippen LogP) is 2.49. The Morgan fingerprint density at radius 3 is 2.86 bits per heavy atom. The molecule has 1 amide bonds. The highest BCUT2D eigenvalue weighted by Gasteiger charge is 2.16. The van der Waals surface area contributed by atoms with Crippen molar-refractivity contribution in [2.75, 3.05) is 18.9 Å². The van der Waals surface area contributed by atoms with Crippen LogP contribution < -0.4 is 5.32 Å². The molecule has 0 atom stereocenters. The number of amides is 1. The number of nitrogens with zero attached hydrogens (tertiary/aromatic N) is 3. The fraction of sp³-hybridized carbons (Fsp3) is 0.312. The standard InChI is InChI=1S/C16H20N4O/c1-4-18-15-8-9-17-10-14(15)16(21)20(3)11-13-7-5-6-12(2)19-13/h5-10H,4,11H2,1-3H3,(H,17,18). The first-order chi connectivity index (χ1) is 10.1. The molecule has 0 saturated heterocycles. The Balaban J connectivity index is 2.16. The first kappa shape index (κ1) is 15.0. The number of hydrogen-bond acceptors (Lipinski definition) is 4. The second kappa shape index (κ2) is 6.83. The minimum absolute atomic E-state index is 0.0673. The van der Waals surface area contributed by atoms with Gasteiger partial charge in [0.25, 0.3) is 5.91 Å². The Labute approximate surface area is 125 Å². The number of pyridine rings is 2. The van der Waals surface area contributed by atoms with Gasteiger partial charge in [0.05, 0.1) is 23.5 Å². The Morgan fingerprint density at radius 2 is 2.14 bits per heavy atom. The van der Waals surface area contributed by atoms with Crippen molar-refractivity contribution in [1.82, 2.24) is 14.9 Å². The zero-order valence-corrected chi connectivity index (χ0v) is 12.6. The van der Waals surface area contributed by atoms with E-state index in [9.17, 15) is 4.79 Å². The van der Waals surface area contributed by atoms with Gasteiger partial charge in [0.15, 0.2) is 0 Å². The van der Waals surface area contributed by atoms with Gasteiger partial charge in [-0.3, -0.25) is 14.8 Å². The molecule has 21 heavy (non-hydrogen) atoms. The highest BCUT2D eigenvalue weighted by molar-refractivity contribution is 5.99. The molecule has 2 aromatic heterocycles. The van der Waals surface area contributed by atoms with Crippen LogP contribution in [-0.4, -0.2) is 34.4 Å². The summed E-state index contributed by atoms with van der Waals surface area (Å²) in [7, 11) is 1.77. The molecule has 2 rings (SSSR count). The van der Waals surface area contributed by atoms with Gasteiger partial charge in [0.1, 0.15) is 0 Å². The molecule has 5 heteroatoms. The van der Waals surface area contributed by atoms with E-state index in [-0.39, 0.29) is 5.91 Å². The van der Waals surface area contributed by atoms with Crippen LogP contribution in [0.3, 0.4) is 0 Å². The molecule has 0 unspecified atom stereocenters. The molecule has 0 radical (unpaired) electrons. The Morgan fingerprint density at radius 1 is 1.33 bits per heavy atom. The van der Waals surface area contributed by atoms with Gasteiger partial charge in [0.2, 0.25) is 0 Å². The van der Waals surface area contributed by atoms with E-state index in [0.29, 0.717) is 12.1 Å². The van der Waals surface area contributed by atoms with Crippen LogP contribution in [0.25, 0.3) is 0 Å². The van der Waals surface area contributed by atoms with Crippen LogP contribution in [0.1, 0.15) is 28.7 Å². The summed E-state index contributed by atoms with van der Waals surface area (Å²) in [6, 6.07) is 7.63. The van der Waals surface area contributed by atoms with Gasteiger partial charge in [-0.15, -0.1) is 0 Å². The van der Waals surface area contributed by atoms with Gasteiger partial charge < -0.3 is 10.2 Å². The van der Waals surface area contributed by atoms with Crippen molar-refractivity contribution < 1.29 is 4.79 Å². The molecule has 5 nitrogen and oxygen atoms in total. The molecule has 0 spiro atoms. The van der Waals surface area contributed by atoms with E-state index in [0.717, 1.165) is 23.6 Å². The minimum Gasteiger partial charge on any atom is -0.385 e. The van der Waals surface area contributed by atoms with E-state index < -0.39 is 0 Å². The van der Waals surface area contributed by atoms with Gasteiger partial charge in [0, 0.05) is 31.7 Å². The van der Waals surface area contributed by atoms with Crippen molar-refractivity contribution in [3.63, 3.8) is 0 Å². The molecule has 0 aliphatic rings. The summed E-state index contributed by atoms with van der Waals surface area (Å²) in [4.78, 5) is 22.7. The van der Waals surface area contributed by atoms with Crippen LogP contribution >= 0.6 is 0 Å². The molecular weight excluding hydrogens is 264 g/mol. The van der Waals surface area contributed by atoms with E-state index in [1.54, 1.807) is 24.3 Å². The summed E-state index contributed by atoms with van der Waals surface area (Å²) in [5.74, 6) is -0.0673. The van der Waals surface area contributed by atoms with E-state index in [1.807, 2.05) is 38.1 Å². The number of carbonyl (C=O) groups excluding carboxylic acids is 1. The fourth-order valence-electron chi connectivity index (χ4n) is 2.12. The largest absolute Gasteiger partial charge is 0.385 e. The molecule has 2 aromatic rings. The van der Waals surface area contributed by atoms with Crippen LogP contribution in [-0.2, 0) is 6.54 Å². The third kappa shape index (κ3) is 3.78. The smallest absolute Gasteiger partial charge is 0.257 e.